The van der Waals surface area contributed by atoms with Crippen LogP contribution in [0.25, 0.3) is 0 Å². The van der Waals surface area contributed by atoms with E-state index in [4.69, 9.17) is 9.47 Å². The van der Waals surface area contributed by atoms with E-state index in [-0.39, 0.29) is 13.2 Å². The van der Waals surface area contributed by atoms with Crippen LogP contribution in [0.3, 0.4) is 0 Å². The minimum absolute atomic E-state index is 0.0260. The van der Waals surface area contributed by atoms with Gasteiger partial charge in [-0.15, -0.1) is 0 Å². The first-order chi connectivity index (χ1) is 13.9. The Balaban J connectivity index is 1.62. The highest BCUT2D eigenvalue weighted by atomic mass is 16.5. The number of nitrogens with zero attached hydrogens (tertiary/aromatic N) is 1. The van der Waals surface area contributed by atoms with Crippen LogP contribution in [-0.4, -0.2) is 48.3 Å². The van der Waals surface area contributed by atoms with Crippen molar-refractivity contribution < 1.29 is 24.2 Å². The van der Waals surface area contributed by atoms with Gasteiger partial charge in [0.05, 0.1) is 13.7 Å². The van der Waals surface area contributed by atoms with Gasteiger partial charge in [-0.05, 0) is 48.7 Å². The Hall–Kier alpha value is -3.06. The van der Waals surface area contributed by atoms with Crippen molar-refractivity contribution in [1.29, 1.82) is 0 Å². The molecule has 1 aliphatic heterocycles. The van der Waals surface area contributed by atoms with Gasteiger partial charge in [-0.1, -0.05) is 31.2 Å². The summed E-state index contributed by atoms with van der Waals surface area (Å²) < 4.78 is 10.7. The van der Waals surface area contributed by atoms with Crippen molar-refractivity contribution >= 4 is 11.9 Å². The van der Waals surface area contributed by atoms with Gasteiger partial charge in [0, 0.05) is 0 Å². The van der Waals surface area contributed by atoms with Crippen molar-refractivity contribution in [3.63, 3.8) is 0 Å². The topological polar surface area (TPSA) is 88.1 Å². The van der Waals surface area contributed by atoms with E-state index in [1.165, 1.54) is 5.56 Å². The Morgan fingerprint density at radius 1 is 1.07 bits per heavy atom. The van der Waals surface area contributed by atoms with E-state index in [1.807, 2.05) is 24.3 Å². The number of benzene rings is 2. The molecule has 3 rings (SSSR count). The van der Waals surface area contributed by atoms with Crippen molar-refractivity contribution in [2.75, 3.05) is 20.3 Å². The second-order valence-corrected chi connectivity index (χ2v) is 7.16. The fraction of sp³-hybridized carbons (Fsp3) is 0.364. The number of carbonyl (C=O) groups excluding carboxylic acids is 2. The van der Waals surface area contributed by atoms with Crippen LogP contribution in [0.4, 0.5) is 4.79 Å². The van der Waals surface area contributed by atoms with E-state index in [0.717, 1.165) is 11.3 Å². The molecule has 0 bridgehead atoms. The average Bonchev–Trinajstić information content (AvgIpc) is 2.96. The normalized spacial score (nSPS) is 19.8. The SMILES string of the molecule is CCc1ccc(OC[C@@H](O)CN2C(=O)N[C@](C)(c3ccc(OC)cc3)C2=O)cc1. The van der Waals surface area contributed by atoms with Gasteiger partial charge in [-0.25, -0.2) is 4.79 Å². The number of amides is 3. The zero-order chi connectivity index (χ0) is 21.0. The van der Waals surface area contributed by atoms with Crippen molar-refractivity contribution in [1.82, 2.24) is 10.2 Å². The van der Waals surface area contributed by atoms with Gasteiger partial charge < -0.3 is 19.9 Å². The summed E-state index contributed by atoms with van der Waals surface area (Å²) in [6.45, 7) is 3.54. The molecule has 7 heteroatoms. The summed E-state index contributed by atoms with van der Waals surface area (Å²) in [5, 5.41) is 13.0. The first kappa shape index (κ1) is 20.7. The summed E-state index contributed by atoms with van der Waals surface area (Å²) in [5.41, 5.74) is 0.635. The van der Waals surface area contributed by atoms with E-state index in [0.29, 0.717) is 17.1 Å². The molecule has 2 N–H and O–H groups in total. The molecule has 7 nitrogen and oxygen atoms in total. The maximum Gasteiger partial charge on any atom is 0.325 e. The van der Waals surface area contributed by atoms with Crippen LogP contribution in [0, 0.1) is 0 Å². The van der Waals surface area contributed by atoms with Crippen LogP contribution < -0.4 is 14.8 Å². The second-order valence-electron chi connectivity index (χ2n) is 7.16. The van der Waals surface area contributed by atoms with Crippen LogP contribution in [0.2, 0.25) is 0 Å². The summed E-state index contributed by atoms with van der Waals surface area (Å²) in [7, 11) is 1.56. The molecule has 0 radical (unpaired) electrons. The van der Waals surface area contributed by atoms with Crippen molar-refractivity contribution in [2.24, 2.45) is 0 Å². The van der Waals surface area contributed by atoms with Crippen molar-refractivity contribution in [2.45, 2.75) is 31.9 Å². The predicted molar refractivity (Wildman–Crippen MR) is 108 cm³/mol. The molecule has 0 aromatic heterocycles. The molecule has 3 amide bonds. The number of β-amino-alcohol motifs (C(OH)–C–C–N with tert-alkyl or cyclic N) is 1. The zero-order valence-electron chi connectivity index (χ0n) is 16.8. The summed E-state index contributed by atoms with van der Waals surface area (Å²) in [4.78, 5) is 26.4. The van der Waals surface area contributed by atoms with Crippen LogP contribution in [-0.2, 0) is 16.8 Å². The summed E-state index contributed by atoms with van der Waals surface area (Å²) in [6.07, 6.45) is -0.0732. The maximum atomic E-state index is 12.9. The van der Waals surface area contributed by atoms with Gasteiger partial charge in [0.1, 0.15) is 29.7 Å². The Labute approximate surface area is 170 Å². The molecule has 1 fully saturated rings. The average molecular weight is 398 g/mol. The van der Waals surface area contributed by atoms with Crippen LogP contribution in [0.5, 0.6) is 11.5 Å². The lowest BCUT2D eigenvalue weighted by Gasteiger charge is -2.23. The molecule has 0 saturated carbocycles. The zero-order valence-corrected chi connectivity index (χ0v) is 16.8. The van der Waals surface area contributed by atoms with E-state index in [9.17, 15) is 14.7 Å². The summed E-state index contributed by atoms with van der Waals surface area (Å²) >= 11 is 0. The van der Waals surface area contributed by atoms with Crippen LogP contribution >= 0.6 is 0 Å². The molecule has 1 saturated heterocycles. The summed E-state index contributed by atoms with van der Waals surface area (Å²) in [6, 6.07) is 14.0. The van der Waals surface area contributed by atoms with Crippen LogP contribution in [0.1, 0.15) is 25.0 Å². The molecule has 2 atom stereocenters. The third-order valence-electron chi connectivity index (χ3n) is 5.11. The smallest absolute Gasteiger partial charge is 0.325 e. The van der Waals surface area contributed by atoms with Crippen molar-refractivity contribution in [3.8, 4) is 11.5 Å². The lowest BCUT2D eigenvalue weighted by Crippen LogP contribution is -2.42. The third-order valence-corrected chi connectivity index (χ3v) is 5.11. The standard InChI is InChI=1S/C22H26N2O5/c1-4-15-5-9-19(10-6-15)29-14-17(25)13-24-20(26)22(2,23-21(24)27)16-7-11-18(28-3)12-8-16/h5-12,17,25H,4,13-14H2,1-3H3,(H,23,27)/t17-,22+/m0/s1. The van der Waals surface area contributed by atoms with Gasteiger partial charge in [-0.3, -0.25) is 9.69 Å². The highest BCUT2D eigenvalue weighted by Crippen LogP contribution is 2.30. The molecule has 1 aliphatic rings. The molecule has 2 aromatic carbocycles. The molecular formula is C22H26N2O5. The fourth-order valence-electron chi connectivity index (χ4n) is 3.26. The molecule has 0 unspecified atom stereocenters. The Bertz CT molecular complexity index is 866. The number of ether oxygens (including phenoxy) is 2. The second kappa shape index (κ2) is 8.53. The first-order valence-electron chi connectivity index (χ1n) is 9.55. The van der Waals surface area contributed by atoms with Gasteiger partial charge in [0.2, 0.25) is 0 Å². The quantitative estimate of drug-likeness (QED) is 0.667. The minimum Gasteiger partial charge on any atom is -0.497 e. The van der Waals surface area contributed by atoms with Crippen molar-refractivity contribution in [3.05, 3.63) is 59.7 Å². The third kappa shape index (κ3) is 4.35. The Morgan fingerprint density at radius 3 is 2.28 bits per heavy atom. The number of aliphatic hydroxyl groups excluding tert-OH is 1. The number of rotatable bonds is 8. The number of nitrogens with one attached hydrogen (secondary N) is 1. The summed E-state index contributed by atoms with van der Waals surface area (Å²) in [5.74, 6) is 0.867. The molecule has 0 aliphatic carbocycles. The van der Waals surface area contributed by atoms with Gasteiger partial charge in [0.15, 0.2) is 0 Å². The Kier molecular flexibility index (Phi) is 6.08. The molecule has 29 heavy (non-hydrogen) atoms. The molecule has 1 heterocycles. The first-order valence-corrected chi connectivity index (χ1v) is 9.55. The highest BCUT2D eigenvalue weighted by Gasteiger charge is 2.49. The lowest BCUT2D eigenvalue weighted by molar-refractivity contribution is -0.132. The largest absolute Gasteiger partial charge is 0.497 e. The number of aliphatic hydroxyl groups is 1. The van der Waals surface area contributed by atoms with E-state index in [2.05, 4.69) is 12.2 Å². The number of imide groups is 1. The molecular weight excluding hydrogens is 372 g/mol. The number of hydrogen-bond acceptors (Lipinski definition) is 5. The molecule has 2 aromatic rings. The lowest BCUT2D eigenvalue weighted by atomic mass is 9.92. The van der Waals surface area contributed by atoms with E-state index in [1.54, 1.807) is 38.3 Å². The highest BCUT2D eigenvalue weighted by molar-refractivity contribution is 6.07. The number of methoxy groups -OCH3 is 1. The number of urea groups is 1. The number of hydrogen-bond donors (Lipinski definition) is 2. The van der Waals surface area contributed by atoms with Gasteiger partial charge in [0.25, 0.3) is 5.91 Å². The Morgan fingerprint density at radius 2 is 1.69 bits per heavy atom. The van der Waals surface area contributed by atoms with Gasteiger partial charge in [-0.2, -0.15) is 0 Å². The maximum absolute atomic E-state index is 12.9. The van der Waals surface area contributed by atoms with E-state index < -0.39 is 23.6 Å². The fourth-order valence-corrected chi connectivity index (χ4v) is 3.26. The van der Waals surface area contributed by atoms with E-state index >= 15 is 0 Å². The monoisotopic (exact) mass is 398 g/mol. The predicted octanol–water partition coefficient (Wildman–Crippen LogP) is 2.46. The van der Waals surface area contributed by atoms with Gasteiger partial charge >= 0.3 is 6.03 Å². The van der Waals surface area contributed by atoms with Crippen LogP contribution in [0.15, 0.2) is 48.5 Å². The molecule has 154 valence electrons. The number of aryl methyl sites for hydroxylation is 1. The number of carbonyl (C=O) groups is 2. The minimum atomic E-state index is -1.19. The molecule has 0 spiro atoms.